The second kappa shape index (κ2) is 7.22. The molecule has 2 aromatic heterocycles. The van der Waals surface area contributed by atoms with Crippen LogP contribution >= 0.6 is 11.6 Å². The van der Waals surface area contributed by atoms with E-state index in [1.54, 1.807) is 0 Å². The van der Waals surface area contributed by atoms with Crippen LogP contribution in [0.5, 0.6) is 0 Å². The molecule has 0 radical (unpaired) electrons. The molecule has 0 aliphatic heterocycles. The Labute approximate surface area is 147 Å². The van der Waals surface area contributed by atoms with Crippen LogP contribution in [-0.2, 0) is 0 Å². The predicted octanol–water partition coefficient (Wildman–Crippen LogP) is 5.21. The minimum absolute atomic E-state index is 0.693. The van der Waals surface area contributed by atoms with Crippen molar-refractivity contribution >= 4 is 28.5 Å². The molecule has 0 unspecified atom stereocenters. The van der Waals surface area contributed by atoms with E-state index in [1.807, 2.05) is 31.2 Å². The summed E-state index contributed by atoms with van der Waals surface area (Å²) in [6.07, 6.45) is 2.31. The van der Waals surface area contributed by atoms with Crippen molar-refractivity contribution in [1.29, 1.82) is 0 Å². The summed E-state index contributed by atoms with van der Waals surface area (Å²) in [5.74, 6) is 1.70. The van der Waals surface area contributed by atoms with E-state index in [2.05, 4.69) is 29.8 Å². The summed E-state index contributed by atoms with van der Waals surface area (Å²) in [5.41, 5.74) is 2.90. The molecule has 0 atom stereocenters. The first kappa shape index (κ1) is 16.8. The highest BCUT2D eigenvalue weighted by Gasteiger charge is 2.16. The van der Waals surface area contributed by atoms with Gasteiger partial charge < -0.3 is 9.88 Å². The fourth-order valence-electron chi connectivity index (χ4n) is 2.89. The largest absolute Gasteiger partial charge is 0.356 e. The van der Waals surface area contributed by atoms with Crippen LogP contribution in [-0.4, -0.2) is 28.0 Å². The Bertz CT molecular complexity index is 840. The van der Waals surface area contributed by atoms with Crippen molar-refractivity contribution in [2.45, 2.75) is 33.6 Å². The van der Waals surface area contributed by atoms with E-state index >= 15 is 0 Å². The van der Waals surface area contributed by atoms with Crippen LogP contribution in [0.15, 0.2) is 30.3 Å². The molecule has 0 spiro atoms. The number of hydrogen-bond acceptors (Lipinski definition) is 3. The van der Waals surface area contributed by atoms with Gasteiger partial charge >= 0.3 is 0 Å². The SMILES string of the molecule is CCCCN(CC)c1nc(-c2cccc(Cl)c2)nc2[nH]c(C)cc12. The molecule has 24 heavy (non-hydrogen) atoms. The lowest BCUT2D eigenvalue weighted by molar-refractivity contribution is 0.726. The Morgan fingerprint density at radius 1 is 1.17 bits per heavy atom. The number of rotatable bonds is 6. The molecule has 3 rings (SSSR count). The second-order valence-corrected chi connectivity index (χ2v) is 6.47. The predicted molar refractivity (Wildman–Crippen MR) is 102 cm³/mol. The average Bonchev–Trinajstić information content (AvgIpc) is 2.95. The first-order chi connectivity index (χ1) is 11.6. The topological polar surface area (TPSA) is 44.8 Å². The maximum atomic E-state index is 6.14. The van der Waals surface area contributed by atoms with E-state index in [-0.39, 0.29) is 0 Å². The summed E-state index contributed by atoms with van der Waals surface area (Å²) in [4.78, 5) is 15.3. The highest BCUT2D eigenvalue weighted by molar-refractivity contribution is 6.30. The molecule has 5 heteroatoms. The van der Waals surface area contributed by atoms with Crippen molar-refractivity contribution in [2.24, 2.45) is 0 Å². The molecule has 126 valence electrons. The van der Waals surface area contributed by atoms with Crippen LogP contribution < -0.4 is 4.90 Å². The summed E-state index contributed by atoms with van der Waals surface area (Å²) in [7, 11) is 0. The van der Waals surface area contributed by atoms with Crippen LogP contribution in [0.1, 0.15) is 32.4 Å². The average molecular weight is 343 g/mol. The van der Waals surface area contributed by atoms with E-state index in [0.717, 1.165) is 54.0 Å². The zero-order chi connectivity index (χ0) is 17.1. The first-order valence-corrected chi connectivity index (χ1v) is 8.88. The summed E-state index contributed by atoms with van der Waals surface area (Å²) in [5, 5.41) is 1.77. The molecule has 2 heterocycles. The van der Waals surface area contributed by atoms with Crippen LogP contribution in [0.25, 0.3) is 22.4 Å². The molecule has 0 fully saturated rings. The van der Waals surface area contributed by atoms with E-state index in [0.29, 0.717) is 10.8 Å². The number of H-pyrrole nitrogens is 1. The monoisotopic (exact) mass is 342 g/mol. The lowest BCUT2D eigenvalue weighted by atomic mass is 10.2. The quantitative estimate of drug-likeness (QED) is 0.668. The molecule has 1 aromatic carbocycles. The number of aryl methyl sites for hydroxylation is 1. The van der Waals surface area contributed by atoms with Crippen molar-refractivity contribution in [3.8, 4) is 11.4 Å². The molecular weight excluding hydrogens is 320 g/mol. The van der Waals surface area contributed by atoms with Gasteiger partial charge in [-0.15, -0.1) is 0 Å². The third kappa shape index (κ3) is 3.39. The molecule has 0 amide bonds. The van der Waals surface area contributed by atoms with Crippen molar-refractivity contribution in [3.63, 3.8) is 0 Å². The summed E-state index contributed by atoms with van der Waals surface area (Å²) < 4.78 is 0. The zero-order valence-corrected chi connectivity index (χ0v) is 15.2. The van der Waals surface area contributed by atoms with Gasteiger partial charge in [0.15, 0.2) is 5.82 Å². The van der Waals surface area contributed by atoms with Gasteiger partial charge in [0.25, 0.3) is 0 Å². The molecule has 0 aliphatic rings. The smallest absolute Gasteiger partial charge is 0.163 e. The summed E-state index contributed by atoms with van der Waals surface area (Å²) in [6, 6.07) is 9.82. The molecular formula is C19H23ClN4. The third-order valence-corrected chi connectivity index (χ3v) is 4.38. The molecule has 1 N–H and O–H groups in total. The Kier molecular flexibility index (Phi) is 5.05. The van der Waals surface area contributed by atoms with E-state index in [9.17, 15) is 0 Å². The molecule has 3 aromatic rings. The van der Waals surface area contributed by atoms with Gasteiger partial charge in [0.05, 0.1) is 5.39 Å². The lowest BCUT2D eigenvalue weighted by Gasteiger charge is -2.23. The van der Waals surface area contributed by atoms with Gasteiger partial charge in [-0.25, -0.2) is 9.97 Å². The maximum absolute atomic E-state index is 6.14. The van der Waals surface area contributed by atoms with E-state index in [1.165, 1.54) is 0 Å². The Morgan fingerprint density at radius 3 is 2.71 bits per heavy atom. The van der Waals surface area contributed by atoms with Gasteiger partial charge in [-0.1, -0.05) is 37.1 Å². The van der Waals surface area contributed by atoms with E-state index in [4.69, 9.17) is 21.6 Å². The molecule has 0 saturated carbocycles. The number of fused-ring (bicyclic) bond motifs is 1. The Morgan fingerprint density at radius 2 is 2.00 bits per heavy atom. The van der Waals surface area contributed by atoms with Crippen LogP contribution in [0.4, 0.5) is 5.82 Å². The standard InChI is InChI=1S/C19H23ClN4/c1-4-6-10-24(5-2)19-16-11-13(3)21-18(16)22-17(23-19)14-8-7-9-15(20)12-14/h7-9,11-12H,4-6,10H2,1-3H3,(H,21,22,23). The Balaban J connectivity index is 2.15. The normalized spacial score (nSPS) is 11.2. The molecule has 4 nitrogen and oxygen atoms in total. The van der Waals surface area contributed by atoms with E-state index < -0.39 is 0 Å². The van der Waals surface area contributed by atoms with Crippen LogP contribution in [0, 0.1) is 6.92 Å². The van der Waals surface area contributed by atoms with Crippen molar-refractivity contribution < 1.29 is 0 Å². The van der Waals surface area contributed by atoms with Gasteiger partial charge in [0.1, 0.15) is 11.5 Å². The third-order valence-electron chi connectivity index (χ3n) is 4.15. The first-order valence-electron chi connectivity index (χ1n) is 8.50. The van der Waals surface area contributed by atoms with Gasteiger partial charge in [-0.2, -0.15) is 0 Å². The minimum Gasteiger partial charge on any atom is -0.356 e. The van der Waals surface area contributed by atoms with Crippen LogP contribution in [0.2, 0.25) is 5.02 Å². The lowest BCUT2D eigenvalue weighted by Crippen LogP contribution is -2.25. The number of hydrogen-bond donors (Lipinski definition) is 1. The number of anilines is 1. The number of unbranched alkanes of at least 4 members (excludes halogenated alkanes) is 1. The molecule has 0 aliphatic carbocycles. The van der Waals surface area contributed by atoms with Crippen LogP contribution in [0.3, 0.4) is 0 Å². The van der Waals surface area contributed by atoms with Gasteiger partial charge in [0, 0.05) is 29.4 Å². The number of aromatic amines is 1. The maximum Gasteiger partial charge on any atom is 0.163 e. The number of benzene rings is 1. The van der Waals surface area contributed by atoms with Crippen molar-refractivity contribution in [3.05, 3.63) is 41.0 Å². The fraction of sp³-hybridized carbons (Fsp3) is 0.368. The van der Waals surface area contributed by atoms with Crippen molar-refractivity contribution in [1.82, 2.24) is 15.0 Å². The highest BCUT2D eigenvalue weighted by atomic mass is 35.5. The Hall–Kier alpha value is -2.07. The number of aromatic nitrogens is 3. The van der Waals surface area contributed by atoms with Gasteiger partial charge in [-0.05, 0) is 38.5 Å². The number of nitrogens with zero attached hydrogens (tertiary/aromatic N) is 3. The van der Waals surface area contributed by atoms with Gasteiger partial charge in [0.2, 0.25) is 0 Å². The summed E-state index contributed by atoms with van der Waals surface area (Å²) >= 11 is 6.14. The minimum atomic E-state index is 0.693. The summed E-state index contributed by atoms with van der Waals surface area (Å²) in [6.45, 7) is 8.35. The molecule has 0 bridgehead atoms. The van der Waals surface area contributed by atoms with Gasteiger partial charge in [-0.3, -0.25) is 0 Å². The fourth-order valence-corrected chi connectivity index (χ4v) is 3.08. The second-order valence-electron chi connectivity index (χ2n) is 6.03. The number of halogens is 1. The highest BCUT2D eigenvalue weighted by Crippen LogP contribution is 2.29. The zero-order valence-electron chi connectivity index (χ0n) is 14.4. The number of nitrogens with one attached hydrogen (secondary N) is 1. The van der Waals surface area contributed by atoms with Crippen molar-refractivity contribution in [2.75, 3.05) is 18.0 Å². The molecule has 0 saturated heterocycles.